The number of amides is 2. The van der Waals surface area contributed by atoms with Crippen molar-refractivity contribution in [3.63, 3.8) is 0 Å². The van der Waals surface area contributed by atoms with Gasteiger partial charge >= 0.3 is 0 Å². The van der Waals surface area contributed by atoms with Crippen LogP contribution >= 0.6 is 23.2 Å². The lowest BCUT2D eigenvalue weighted by atomic mass is 10.0. The van der Waals surface area contributed by atoms with Crippen molar-refractivity contribution in [3.8, 4) is 0 Å². The first kappa shape index (κ1) is 16.7. The van der Waals surface area contributed by atoms with E-state index in [9.17, 15) is 14.4 Å². The first-order valence-electron chi connectivity index (χ1n) is 7.25. The molecule has 0 saturated heterocycles. The van der Waals surface area contributed by atoms with Gasteiger partial charge in [0.1, 0.15) is 0 Å². The molecule has 2 aromatic carbocycles. The zero-order valence-electron chi connectivity index (χ0n) is 13.0. The number of carbonyl (C=O) groups excluding carboxylic acids is 3. The predicted octanol–water partition coefficient (Wildman–Crippen LogP) is 4.09. The highest BCUT2D eigenvalue weighted by atomic mass is 35.5. The largest absolute Gasteiger partial charge is 0.292 e. The first-order chi connectivity index (χ1) is 11.3. The Balaban J connectivity index is 1.92. The molecule has 0 aromatic heterocycles. The van der Waals surface area contributed by atoms with Crippen LogP contribution in [0.4, 0.5) is 0 Å². The second kappa shape index (κ2) is 6.04. The minimum atomic E-state index is -0.535. The van der Waals surface area contributed by atoms with Crippen LogP contribution in [0.1, 0.15) is 42.2 Å². The van der Waals surface area contributed by atoms with E-state index in [0.717, 1.165) is 16.0 Å². The topological polar surface area (TPSA) is 54.5 Å². The molecule has 2 aromatic rings. The molecule has 0 N–H and O–H groups in total. The van der Waals surface area contributed by atoms with E-state index in [4.69, 9.17) is 23.2 Å². The highest BCUT2D eigenvalue weighted by Gasteiger charge is 2.37. The van der Waals surface area contributed by atoms with Gasteiger partial charge in [0.05, 0.1) is 27.7 Å². The van der Waals surface area contributed by atoms with Crippen LogP contribution in [0, 0.1) is 13.8 Å². The van der Waals surface area contributed by atoms with Gasteiger partial charge in [-0.05, 0) is 37.6 Å². The van der Waals surface area contributed by atoms with E-state index < -0.39 is 11.8 Å². The van der Waals surface area contributed by atoms with Crippen molar-refractivity contribution in [1.82, 2.24) is 4.90 Å². The van der Waals surface area contributed by atoms with Crippen LogP contribution in [0.3, 0.4) is 0 Å². The third-order valence-corrected chi connectivity index (χ3v) is 4.73. The second-order valence-corrected chi connectivity index (χ2v) is 6.56. The summed E-state index contributed by atoms with van der Waals surface area (Å²) in [7, 11) is 0. The maximum atomic E-state index is 12.6. The fourth-order valence-electron chi connectivity index (χ4n) is 2.69. The van der Waals surface area contributed by atoms with Gasteiger partial charge in [0.15, 0.2) is 5.78 Å². The molecule has 1 aliphatic heterocycles. The Morgan fingerprint density at radius 2 is 1.50 bits per heavy atom. The molecule has 0 atom stereocenters. The molecule has 24 heavy (non-hydrogen) atoms. The molecule has 2 amide bonds. The monoisotopic (exact) mass is 361 g/mol. The van der Waals surface area contributed by atoms with E-state index >= 15 is 0 Å². The average molecular weight is 362 g/mol. The van der Waals surface area contributed by atoms with Crippen molar-refractivity contribution in [2.75, 3.05) is 6.54 Å². The molecule has 0 fully saturated rings. The molecule has 0 spiro atoms. The van der Waals surface area contributed by atoms with Crippen LogP contribution in [0.15, 0.2) is 30.3 Å². The lowest BCUT2D eigenvalue weighted by Gasteiger charge is -2.14. The normalized spacial score (nSPS) is 13.4. The smallest absolute Gasteiger partial charge is 0.262 e. The van der Waals surface area contributed by atoms with Crippen LogP contribution in [-0.4, -0.2) is 29.0 Å². The van der Waals surface area contributed by atoms with Gasteiger partial charge in [0.25, 0.3) is 11.8 Å². The minimum absolute atomic E-state index is 0.170. The summed E-state index contributed by atoms with van der Waals surface area (Å²) in [6, 6.07) is 8.22. The average Bonchev–Trinajstić information content (AvgIpc) is 2.75. The summed E-state index contributed by atoms with van der Waals surface area (Å²) in [5.41, 5.74) is 2.58. The first-order valence-corrected chi connectivity index (χ1v) is 8.01. The van der Waals surface area contributed by atoms with Crippen molar-refractivity contribution < 1.29 is 14.4 Å². The fraction of sp³-hybridized carbons (Fsp3) is 0.167. The molecule has 6 heteroatoms. The van der Waals surface area contributed by atoms with Gasteiger partial charge in [0.2, 0.25) is 0 Å². The summed E-state index contributed by atoms with van der Waals surface area (Å²) >= 11 is 11.8. The number of hydrogen-bond donors (Lipinski definition) is 0. The third-order valence-electron chi connectivity index (χ3n) is 4.01. The Morgan fingerprint density at radius 1 is 0.958 bits per heavy atom. The van der Waals surface area contributed by atoms with Crippen LogP contribution in [0.5, 0.6) is 0 Å². The lowest BCUT2D eigenvalue weighted by molar-refractivity contribution is 0.0624. The Morgan fingerprint density at radius 3 is 2.04 bits per heavy atom. The van der Waals surface area contributed by atoms with Crippen molar-refractivity contribution >= 4 is 40.8 Å². The number of nitrogens with zero attached hydrogens (tertiary/aromatic N) is 1. The zero-order chi connectivity index (χ0) is 17.6. The quantitative estimate of drug-likeness (QED) is 0.611. The van der Waals surface area contributed by atoms with E-state index in [1.165, 1.54) is 12.1 Å². The molecular weight excluding hydrogens is 349 g/mol. The molecule has 4 nitrogen and oxygen atoms in total. The Kier molecular flexibility index (Phi) is 4.20. The molecule has 0 bridgehead atoms. The number of ketones is 1. The van der Waals surface area contributed by atoms with Crippen molar-refractivity contribution in [3.05, 3.63) is 68.2 Å². The molecule has 0 radical (unpaired) electrons. The summed E-state index contributed by atoms with van der Waals surface area (Å²) in [6.45, 7) is 3.38. The highest BCUT2D eigenvalue weighted by Crippen LogP contribution is 2.31. The fourth-order valence-corrected chi connectivity index (χ4v) is 3.02. The van der Waals surface area contributed by atoms with Gasteiger partial charge in [0, 0.05) is 5.56 Å². The Labute approximate surface area is 149 Å². The van der Waals surface area contributed by atoms with E-state index in [0.29, 0.717) is 5.56 Å². The highest BCUT2D eigenvalue weighted by molar-refractivity contribution is 6.43. The Bertz CT molecular complexity index is 864. The maximum absolute atomic E-state index is 12.6. The van der Waals surface area contributed by atoms with Crippen LogP contribution < -0.4 is 0 Å². The Hall–Kier alpha value is -2.17. The number of imide groups is 1. The molecule has 0 aliphatic carbocycles. The molecule has 122 valence electrons. The predicted molar refractivity (Wildman–Crippen MR) is 92.1 cm³/mol. The second-order valence-electron chi connectivity index (χ2n) is 5.75. The third kappa shape index (κ3) is 2.72. The van der Waals surface area contributed by atoms with Crippen LogP contribution in [0.2, 0.25) is 10.0 Å². The van der Waals surface area contributed by atoms with E-state index in [1.807, 2.05) is 26.0 Å². The lowest BCUT2D eigenvalue weighted by Crippen LogP contribution is -2.35. The summed E-state index contributed by atoms with van der Waals surface area (Å²) in [4.78, 5) is 38.4. The molecule has 0 unspecified atom stereocenters. The number of benzene rings is 2. The van der Waals surface area contributed by atoms with Gasteiger partial charge in [-0.15, -0.1) is 0 Å². The van der Waals surface area contributed by atoms with Gasteiger partial charge < -0.3 is 0 Å². The summed E-state index contributed by atoms with van der Waals surface area (Å²) < 4.78 is 0. The zero-order valence-corrected chi connectivity index (χ0v) is 14.5. The number of fused-ring (bicyclic) bond motifs is 1. The number of carbonyl (C=O) groups is 3. The number of aryl methyl sites for hydroxylation is 2. The molecule has 1 aliphatic rings. The van der Waals surface area contributed by atoms with Crippen molar-refractivity contribution in [2.24, 2.45) is 0 Å². The molecule has 0 saturated carbocycles. The van der Waals surface area contributed by atoms with Gasteiger partial charge in [-0.2, -0.15) is 0 Å². The van der Waals surface area contributed by atoms with E-state index in [-0.39, 0.29) is 33.5 Å². The van der Waals surface area contributed by atoms with Crippen LogP contribution in [-0.2, 0) is 0 Å². The summed E-state index contributed by atoms with van der Waals surface area (Å²) in [5.74, 6) is -1.36. The number of Topliss-reactive ketones (excluding diaryl/α,β-unsaturated/α-hetero) is 1. The van der Waals surface area contributed by atoms with Crippen molar-refractivity contribution in [2.45, 2.75) is 13.8 Å². The maximum Gasteiger partial charge on any atom is 0.262 e. The standard InChI is InChI=1S/C18H13Cl2NO3/c1-9-3-4-10(2)11(5-9)16(22)8-21-17(23)12-6-14(19)15(20)7-13(12)18(21)24/h3-7H,8H2,1-2H3. The van der Waals surface area contributed by atoms with Crippen LogP contribution in [0.25, 0.3) is 0 Å². The summed E-state index contributed by atoms with van der Waals surface area (Å²) in [5, 5.41) is 0.388. The SMILES string of the molecule is Cc1ccc(C)c(C(=O)CN2C(=O)c3cc(Cl)c(Cl)cc3C2=O)c1. The summed E-state index contributed by atoms with van der Waals surface area (Å²) in [6.07, 6.45) is 0. The minimum Gasteiger partial charge on any atom is -0.292 e. The number of hydrogen-bond acceptors (Lipinski definition) is 3. The molecule has 1 heterocycles. The van der Waals surface area contributed by atoms with E-state index in [2.05, 4.69) is 0 Å². The van der Waals surface area contributed by atoms with Gasteiger partial charge in [-0.3, -0.25) is 19.3 Å². The van der Waals surface area contributed by atoms with E-state index in [1.54, 1.807) is 6.07 Å². The molecular formula is C18H13Cl2NO3. The number of rotatable bonds is 3. The van der Waals surface area contributed by atoms with Gasteiger partial charge in [-0.25, -0.2) is 0 Å². The van der Waals surface area contributed by atoms with Gasteiger partial charge in [-0.1, -0.05) is 40.9 Å². The van der Waals surface area contributed by atoms with Crippen molar-refractivity contribution in [1.29, 1.82) is 0 Å². The number of halogens is 2. The molecule has 3 rings (SSSR count).